The summed E-state index contributed by atoms with van der Waals surface area (Å²) in [5.74, 6) is 2.42. The minimum atomic E-state index is 0.206. The van der Waals surface area contributed by atoms with Crippen LogP contribution in [-0.2, 0) is 10.5 Å². The van der Waals surface area contributed by atoms with Gasteiger partial charge in [-0.1, -0.05) is 6.07 Å². The molecule has 1 aliphatic heterocycles. The number of amides is 1. The third-order valence-corrected chi connectivity index (χ3v) is 4.71. The van der Waals surface area contributed by atoms with E-state index >= 15 is 0 Å². The van der Waals surface area contributed by atoms with Crippen LogP contribution in [0.5, 0.6) is 0 Å². The molecule has 0 unspecified atom stereocenters. The van der Waals surface area contributed by atoms with Crippen LogP contribution in [0, 0.1) is 0 Å². The Bertz CT molecular complexity index is 617. The molecule has 1 amide bonds. The highest BCUT2D eigenvalue weighted by Gasteiger charge is 2.21. The van der Waals surface area contributed by atoms with Crippen LogP contribution in [0.15, 0.2) is 43.1 Å². The van der Waals surface area contributed by atoms with Gasteiger partial charge in [-0.15, -0.1) is 11.8 Å². The van der Waals surface area contributed by atoms with E-state index in [1.54, 1.807) is 36.5 Å². The molecule has 0 N–H and O–H groups in total. The van der Waals surface area contributed by atoms with Gasteiger partial charge < -0.3 is 9.80 Å². The highest BCUT2D eigenvalue weighted by Crippen LogP contribution is 2.14. The number of hydrogen-bond acceptors (Lipinski definition) is 6. The van der Waals surface area contributed by atoms with E-state index in [1.807, 2.05) is 23.2 Å². The maximum Gasteiger partial charge on any atom is 0.232 e. The molecule has 1 fully saturated rings. The van der Waals surface area contributed by atoms with Gasteiger partial charge in [0.25, 0.3) is 0 Å². The van der Waals surface area contributed by atoms with Gasteiger partial charge in [0.1, 0.15) is 5.82 Å². The van der Waals surface area contributed by atoms with Gasteiger partial charge in [-0.25, -0.2) is 4.98 Å². The first-order valence-electron chi connectivity index (χ1n) is 7.58. The van der Waals surface area contributed by atoms with Crippen LogP contribution in [0.25, 0.3) is 0 Å². The zero-order valence-corrected chi connectivity index (χ0v) is 13.7. The number of rotatable bonds is 5. The summed E-state index contributed by atoms with van der Waals surface area (Å²) in [6.07, 6.45) is 8.74. The third kappa shape index (κ3) is 4.41. The average molecular weight is 329 g/mol. The minimum Gasteiger partial charge on any atom is -0.352 e. The van der Waals surface area contributed by atoms with Gasteiger partial charge in [0.05, 0.1) is 11.9 Å². The molecule has 0 bridgehead atoms. The fraction of sp³-hybridized carbons (Fsp3) is 0.375. The SMILES string of the molecule is O=C(CSCc1cccnc1)N1CCN(c2cnccn2)CC1. The normalized spacial score (nSPS) is 14.8. The first kappa shape index (κ1) is 15.7. The van der Waals surface area contributed by atoms with E-state index in [4.69, 9.17) is 0 Å². The average Bonchev–Trinajstić information content (AvgIpc) is 2.63. The molecular weight excluding hydrogens is 310 g/mol. The molecule has 7 heteroatoms. The van der Waals surface area contributed by atoms with E-state index in [2.05, 4.69) is 19.9 Å². The predicted octanol–water partition coefficient (Wildman–Crippen LogP) is 1.45. The lowest BCUT2D eigenvalue weighted by atomic mass is 10.3. The lowest BCUT2D eigenvalue weighted by molar-refractivity contribution is -0.128. The summed E-state index contributed by atoms with van der Waals surface area (Å²) in [6, 6.07) is 3.95. The Balaban J connectivity index is 1.41. The second-order valence-electron chi connectivity index (χ2n) is 5.29. The summed E-state index contributed by atoms with van der Waals surface area (Å²) in [5.41, 5.74) is 1.15. The number of piperazine rings is 1. The van der Waals surface area contributed by atoms with Crippen molar-refractivity contribution < 1.29 is 4.79 Å². The molecule has 2 aromatic heterocycles. The molecule has 0 aromatic carbocycles. The Kier molecular flexibility index (Phi) is 5.42. The number of nitrogens with zero attached hydrogens (tertiary/aromatic N) is 5. The quantitative estimate of drug-likeness (QED) is 0.827. The molecule has 0 spiro atoms. The van der Waals surface area contributed by atoms with Gasteiger partial charge in [-0.05, 0) is 11.6 Å². The van der Waals surface area contributed by atoms with Gasteiger partial charge in [-0.3, -0.25) is 14.8 Å². The Morgan fingerprint density at radius 2 is 1.91 bits per heavy atom. The number of hydrogen-bond donors (Lipinski definition) is 0. The molecule has 3 rings (SSSR count). The molecular formula is C16H19N5OS. The van der Waals surface area contributed by atoms with Crippen molar-refractivity contribution in [2.45, 2.75) is 5.75 Å². The summed E-state index contributed by atoms with van der Waals surface area (Å²) in [4.78, 5) is 28.9. The van der Waals surface area contributed by atoms with Crippen LogP contribution in [0.4, 0.5) is 5.82 Å². The topological polar surface area (TPSA) is 62.2 Å². The number of carbonyl (C=O) groups excluding carboxylic acids is 1. The first-order chi connectivity index (χ1) is 11.3. The molecule has 120 valence electrons. The van der Waals surface area contributed by atoms with Crippen molar-refractivity contribution in [3.63, 3.8) is 0 Å². The highest BCUT2D eigenvalue weighted by molar-refractivity contribution is 7.99. The van der Waals surface area contributed by atoms with Gasteiger partial charge >= 0.3 is 0 Å². The zero-order valence-electron chi connectivity index (χ0n) is 12.8. The molecule has 0 radical (unpaired) electrons. The van der Waals surface area contributed by atoms with Gasteiger partial charge in [0.2, 0.25) is 5.91 Å². The molecule has 0 atom stereocenters. The van der Waals surface area contributed by atoms with Crippen molar-refractivity contribution >= 4 is 23.5 Å². The van der Waals surface area contributed by atoms with Crippen molar-refractivity contribution in [1.29, 1.82) is 0 Å². The molecule has 3 heterocycles. The van der Waals surface area contributed by atoms with E-state index in [1.165, 1.54) is 0 Å². The minimum absolute atomic E-state index is 0.206. The second-order valence-corrected chi connectivity index (χ2v) is 6.27. The molecule has 1 saturated heterocycles. The van der Waals surface area contributed by atoms with Crippen molar-refractivity contribution in [1.82, 2.24) is 19.9 Å². The number of anilines is 1. The van der Waals surface area contributed by atoms with Gasteiger partial charge in [-0.2, -0.15) is 0 Å². The smallest absolute Gasteiger partial charge is 0.232 e. The van der Waals surface area contributed by atoms with Crippen molar-refractivity contribution in [2.24, 2.45) is 0 Å². The second kappa shape index (κ2) is 7.92. The molecule has 0 saturated carbocycles. The van der Waals surface area contributed by atoms with E-state index in [-0.39, 0.29) is 5.91 Å². The summed E-state index contributed by atoms with van der Waals surface area (Å²) in [5, 5.41) is 0. The number of pyridine rings is 1. The predicted molar refractivity (Wildman–Crippen MR) is 91.2 cm³/mol. The van der Waals surface area contributed by atoms with Crippen molar-refractivity contribution in [2.75, 3.05) is 36.8 Å². The fourth-order valence-electron chi connectivity index (χ4n) is 2.47. The summed E-state index contributed by atoms with van der Waals surface area (Å²) in [6.45, 7) is 3.08. The van der Waals surface area contributed by atoms with Crippen LogP contribution >= 0.6 is 11.8 Å². The summed E-state index contributed by atoms with van der Waals surface area (Å²) in [7, 11) is 0. The van der Waals surface area contributed by atoms with E-state index < -0.39 is 0 Å². The van der Waals surface area contributed by atoms with E-state index in [9.17, 15) is 4.79 Å². The monoisotopic (exact) mass is 329 g/mol. The molecule has 6 nitrogen and oxygen atoms in total. The number of carbonyl (C=O) groups is 1. The summed E-state index contributed by atoms with van der Waals surface area (Å²) >= 11 is 1.64. The maximum absolute atomic E-state index is 12.3. The van der Waals surface area contributed by atoms with Crippen LogP contribution in [0.2, 0.25) is 0 Å². The van der Waals surface area contributed by atoms with Crippen LogP contribution in [0.3, 0.4) is 0 Å². The number of aromatic nitrogens is 3. The highest BCUT2D eigenvalue weighted by atomic mass is 32.2. The largest absolute Gasteiger partial charge is 0.352 e. The standard InChI is InChI=1S/C16H19N5OS/c22-16(13-23-12-14-2-1-3-17-10-14)21-8-6-20(7-9-21)15-11-18-4-5-19-15/h1-5,10-11H,6-9,12-13H2. The van der Waals surface area contributed by atoms with E-state index in [0.717, 1.165) is 43.3 Å². The fourth-order valence-corrected chi connectivity index (χ4v) is 3.34. The van der Waals surface area contributed by atoms with Crippen LogP contribution < -0.4 is 4.90 Å². The molecule has 0 aliphatic carbocycles. The Morgan fingerprint density at radius 3 is 2.61 bits per heavy atom. The lowest BCUT2D eigenvalue weighted by Crippen LogP contribution is -2.49. The Labute approximate surface area is 140 Å². The molecule has 1 aliphatic rings. The zero-order chi connectivity index (χ0) is 15.9. The van der Waals surface area contributed by atoms with Crippen LogP contribution in [0.1, 0.15) is 5.56 Å². The van der Waals surface area contributed by atoms with Gasteiger partial charge in [0.15, 0.2) is 0 Å². The number of thioether (sulfide) groups is 1. The first-order valence-corrected chi connectivity index (χ1v) is 8.74. The lowest BCUT2D eigenvalue weighted by Gasteiger charge is -2.35. The third-order valence-electron chi connectivity index (χ3n) is 3.72. The Morgan fingerprint density at radius 1 is 1.09 bits per heavy atom. The van der Waals surface area contributed by atoms with Gasteiger partial charge in [0, 0.05) is 56.7 Å². The van der Waals surface area contributed by atoms with Crippen molar-refractivity contribution in [3.8, 4) is 0 Å². The van der Waals surface area contributed by atoms with E-state index in [0.29, 0.717) is 5.75 Å². The molecule has 23 heavy (non-hydrogen) atoms. The van der Waals surface area contributed by atoms with Crippen LogP contribution in [-0.4, -0.2) is 57.7 Å². The Hall–Kier alpha value is -2.15. The van der Waals surface area contributed by atoms with Crippen molar-refractivity contribution in [3.05, 3.63) is 48.7 Å². The summed E-state index contributed by atoms with van der Waals surface area (Å²) < 4.78 is 0. The maximum atomic E-state index is 12.3. The molecule has 2 aromatic rings.